The third-order valence-electron chi connectivity index (χ3n) is 10.7. The molecule has 0 spiro atoms. The Morgan fingerprint density at radius 2 is 0.964 bits per heavy atom. The zero-order valence-corrected chi connectivity index (χ0v) is 35.6. The van der Waals surface area contributed by atoms with E-state index in [9.17, 15) is 9.59 Å². The molecule has 0 saturated carbocycles. The zero-order valence-electron chi connectivity index (χ0n) is 34.0. The van der Waals surface area contributed by atoms with Crippen molar-refractivity contribution < 1.29 is 9.59 Å². The molecule has 292 valence electrons. The molecule has 2 atom stereocenters. The molecule has 2 unspecified atom stereocenters. The molecular formula is C47H60N4O2S2. The van der Waals surface area contributed by atoms with Crippen molar-refractivity contribution >= 4 is 57.3 Å². The molecule has 4 aromatic rings. The van der Waals surface area contributed by atoms with Crippen molar-refractivity contribution in [3.05, 3.63) is 93.7 Å². The van der Waals surface area contributed by atoms with Crippen molar-refractivity contribution in [1.82, 2.24) is 9.80 Å². The van der Waals surface area contributed by atoms with Gasteiger partial charge in [-0.1, -0.05) is 98.4 Å². The van der Waals surface area contributed by atoms with Gasteiger partial charge in [0.05, 0.1) is 32.3 Å². The molecule has 55 heavy (non-hydrogen) atoms. The fourth-order valence-electron chi connectivity index (χ4n) is 7.72. The minimum Gasteiger partial charge on any atom is -0.382 e. The molecule has 2 aliphatic rings. The number of benzene rings is 2. The summed E-state index contributed by atoms with van der Waals surface area (Å²) in [5.74, 6) is 0.0934. The van der Waals surface area contributed by atoms with Crippen molar-refractivity contribution in [3.63, 3.8) is 0 Å². The first kappa shape index (κ1) is 40.5. The number of amides is 2. The van der Waals surface area contributed by atoms with E-state index >= 15 is 0 Å². The van der Waals surface area contributed by atoms with Crippen molar-refractivity contribution in [1.29, 1.82) is 0 Å². The monoisotopic (exact) mass is 776 g/mol. The minimum atomic E-state index is -0.0708. The molecule has 0 fully saturated rings. The van der Waals surface area contributed by atoms with Gasteiger partial charge in [-0.25, -0.2) is 0 Å². The molecule has 6 nitrogen and oxygen atoms in total. The van der Waals surface area contributed by atoms with Gasteiger partial charge in [0.2, 0.25) is 0 Å². The smallest absolute Gasteiger partial charge is 0.261 e. The largest absolute Gasteiger partial charge is 0.382 e. The Morgan fingerprint density at radius 3 is 1.36 bits per heavy atom. The number of carbonyl (C=O) groups is 2. The summed E-state index contributed by atoms with van der Waals surface area (Å²) in [5, 5.41) is 7.42. The maximum Gasteiger partial charge on any atom is 0.261 e. The van der Waals surface area contributed by atoms with Crippen LogP contribution in [0.2, 0.25) is 0 Å². The van der Waals surface area contributed by atoms with E-state index in [1.54, 1.807) is 22.7 Å². The Morgan fingerprint density at radius 1 is 0.545 bits per heavy atom. The van der Waals surface area contributed by atoms with Gasteiger partial charge in [-0.05, 0) is 97.7 Å². The Kier molecular flexibility index (Phi) is 13.8. The Balaban J connectivity index is 1.33. The van der Waals surface area contributed by atoms with Gasteiger partial charge in [-0.3, -0.25) is 9.59 Å². The minimum absolute atomic E-state index is 0.0701. The molecule has 2 amide bonds. The Hall–Kier alpha value is -4.14. The van der Waals surface area contributed by atoms with Crippen LogP contribution in [0.5, 0.6) is 0 Å². The van der Waals surface area contributed by atoms with Crippen molar-refractivity contribution in [3.8, 4) is 20.9 Å². The molecular weight excluding hydrogens is 717 g/mol. The van der Waals surface area contributed by atoms with Crippen LogP contribution in [-0.2, 0) is 9.59 Å². The van der Waals surface area contributed by atoms with Crippen LogP contribution in [-0.4, -0.2) is 46.8 Å². The van der Waals surface area contributed by atoms with Gasteiger partial charge >= 0.3 is 0 Å². The van der Waals surface area contributed by atoms with Crippen LogP contribution in [0.4, 0.5) is 11.4 Å². The highest BCUT2D eigenvalue weighted by Crippen LogP contribution is 2.50. The van der Waals surface area contributed by atoms with Crippen molar-refractivity contribution in [2.24, 2.45) is 5.92 Å². The molecule has 2 aliphatic heterocycles. The summed E-state index contributed by atoms with van der Waals surface area (Å²) in [6, 6.07) is 26.8. The summed E-state index contributed by atoms with van der Waals surface area (Å²) in [5.41, 5.74) is 7.17. The molecule has 2 N–H and O–H groups in total. The highest BCUT2D eigenvalue weighted by atomic mass is 32.1. The van der Waals surface area contributed by atoms with E-state index in [0.717, 1.165) is 72.7 Å². The second-order valence-corrected chi connectivity index (χ2v) is 17.6. The second-order valence-electron chi connectivity index (χ2n) is 15.5. The number of hydrogen-bond acceptors (Lipinski definition) is 6. The first-order valence-electron chi connectivity index (χ1n) is 20.8. The lowest BCUT2D eigenvalue weighted by molar-refractivity contribution is -0.124. The van der Waals surface area contributed by atoms with Gasteiger partial charge in [0.15, 0.2) is 0 Å². The molecule has 0 radical (unpaired) electrons. The van der Waals surface area contributed by atoms with Gasteiger partial charge in [-0.15, -0.1) is 22.7 Å². The van der Waals surface area contributed by atoms with Gasteiger partial charge in [0.25, 0.3) is 11.8 Å². The molecule has 0 saturated heterocycles. The standard InChI is InChI=1S/C47H60N4O2S2/c1-8-13-15-34(11-4)48-36-21-17-32(18-22-36)38-25-27-40(54-38)44-42-43(46(52)50(44)29-10-3)45(51(47(42)53)30-31(6)7)41-28-26-39(55-41)33-19-23-37(24-20-33)49-35(12-5)16-14-9-2/h17-28,31,34-35,48-49H,8-16,29-30H2,1-7H3. The molecule has 4 heterocycles. The van der Waals surface area contributed by atoms with Crippen LogP contribution < -0.4 is 10.6 Å². The number of thiophene rings is 2. The number of rotatable bonds is 20. The predicted octanol–water partition coefficient (Wildman–Crippen LogP) is 12.8. The van der Waals surface area contributed by atoms with Crippen LogP contribution in [0, 0.1) is 5.92 Å². The molecule has 6 rings (SSSR count). The van der Waals surface area contributed by atoms with Crippen LogP contribution in [0.25, 0.3) is 32.3 Å². The van der Waals surface area contributed by atoms with Gasteiger partial charge < -0.3 is 20.4 Å². The van der Waals surface area contributed by atoms with Crippen LogP contribution in [0.1, 0.15) is 116 Å². The molecule has 0 bridgehead atoms. The van der Waals surface area contributed by atoms with Crippen LogP contribution in [0.3, 0.4) is 0 Å². The van der Waals surface area contributed by atoms with Gasteiger partial charge in [-0.2, -0.15) is 0 Å². The summed E-state index contributed by atoms with van der Waals surface area (Å²) in [4.78, 5) is 37.1. The van der Waals surface area contributed by atoms with Crippen LogP contribution in [0.15, 0.2) is 83.9 Å². The van der Waals surface area contributed by atoms with E-state index in [1.807, 2.05) is 9.80 Å². The molecule has 0 aliphatic carbocycles. The quantitative estimate of drug-likeness (QED) is 0.0938. The highest BCUT2D eigenvalue weighted by molar-refractivity contribution is 7.17. The topological polar surface area (TPSA) is 64.7 Å². The lowest BCUT2D eigenvalue weighted by Gasteiger charge is -2.25. The number of anilines is 2. The number of hydrogen-bond donors (Lipinski definition) is 2. The fourth-order valence-corrected chi connectivity index (χ4v) is 9.86. The summed E-state index contributed by atoms with van der Waals surface area (Å²) >= 11 is 3.31. The maximum absolute atomic E-state index is 14.6. The summed E-state index contributed by atoms with van der Waals surface area (Å²) in [6.07, 6.45) is 10.2. The second kappa shape index (κ2) is 18.7. The molecule has 2 aromatic carbocycles. The number of nitrogens with zero attached hydrogens (tertiary/aromatic N) is 2. The van der Waals surface area contributed by atoms with E-state index in [0.29, 0.717) is 36.3 Å². The summed E-state index contributed by atoms with van der Waals surface area (Å²) in [6.45, 7) is 16.4. The fraction of sp³-hybridized carbons (Fsp3) is 0.447. The Labute approximate surface area is 337 Å². The average molecular weight is 777 g/mol. The Bertz CT molecular complexity index is 1980. The van der Waals surface area contributed by atoms with E-state index in [-0.39, 0.29) is 17.7 Å². The van der Waals surface area contributed by atoms with Gasteiger partial charge in [0.1, 0.15) is 0 Å². The number of fused-ring (bicyclic) bond motifs is 1. The molecule has 8 heteroatoms. The summed E-state index contributed by atoms with van der Waals surface area (Å²) in [7, 11) is 0. The highest BCUT2D eigenvalue weighted by Gasteiger charge is 2.49. The number of carbonyl (C=O) groups excluding carboxylic acids is 2. The SMILES string of the molecule is CCCCC(CC)Nc1ccc(-c2ccc(C3=C4C(=O)N(CC(C)C)C(c5ccc(-c6ccc(NC(CC)CCCC)cc6)s5)=C4C(=O)N3CCC)s2)cc1. The third-order valence-corrected chi connectivity index (χ3v) is 13.0. The van der Waals surface area contributed by atoms with E-state index < -0.39 is 0 Å². The van der Waals surface area contributed by atoms with Gasteiger partial charge in [0, 0.05) is 46.3 Å². The van der Waals surface area contributed by atoms with Crippen molar-refractivity contribution in [2.75, 3.05) is 23.7 Å². The first-order chi connectivity index (χ1) is 26.7. The molecule has 2 aromatic heterocycles. The van der Waals surface area contributed by atoms with E-state index in [1.165, 1.54) is 38.5 Å². The number of unbranched alkanes of at least 4 members (excludes halogenated alkanes) is 2. The lowest BCUT2D eigenvalue weighted by atomic mass is 10.1. The summed E-state index contributed by atoms with van der Waals surface area (Å²) < 4.78 is 0. The first-order valence-corrected chi connectivity index (χ1v) is 22.4. The lowest BCUT2D eigenvalue weighted by Crippen LogP contribution is -2.32. The van der Waals surface area contributed by atoms with E-state index in [2.05, 4.69) is 132 Å². The maximum atomic E-state index is 14.6. The normalized spacial score (nSPS) is 15.5. The third kappa shape index (κ3) is 8.97. The van der Waals surface area contributed by atoms with Crippen molar-refractivity contribution in [2.45, 2.75) is 118 Å². The predicted molar refractivity (Wildman–Crippen MR) is 236 cm³/mol. The van der Waals surface area contributed by atoms with E-state index in [4.69, 9.17) is 0 Å². The average Bonchev–Trinajstić information content (AvgIpc) is 3.98. The zero-order chi connectivity index (χ0) is 39.1. The number of nitrogens with one attached hydrogen (secondary N) is 2. The van der Waals surface area contributed by atoms with Crippen LogP contribution >= 0.6 is 22.7 Å².